The van der Waals surface area contributed by atoms with E-state index in [-0.39, 0.29) is 22.5 Å². The van der Waals surface area contributed by atoms with Gasteiger partial charge in [-0.1, -0.05) is 12.8 Å². The van der Waals surface area contributed by atoms with Gasteiger partial charge in [-0.2, -0.15) is 0 Å². The second-order valence-electron chi connectivity index (χ2n) is 5.22. The lowest BCUT2D eigenvalue weighted by atomic mass is 9.87. The molecule has 1 saturated carbocycles. The normalized spacial score (nSPS) is 19.2. The lowest BCUT2D eigenvalue weighted by Gasteiger charge is -2.36. The maximum absolute atomic E-state index is 14.1. The predicted molar refractivity (Wildman–Crippen MR) is 77.1 cm³/mol. The summed E-state index contributed by atoms with van der Waals surface area (Å²) in [5.41, 5.74) is 2.27. The lowest BCUT2D eigenvalue weighted by molar-refractivity contribution is -0.0359. The molecule has 0 aromatic heterocycles. The fourth-order valence-corrected chi connectivity index (χ4v) is 3.40. The van der Waals surface area contributed by atoms with Gasteiger partial charge in [0.2, 0.25) is 0 Å². The van der Waals surface area contributed by atoms with Crippen LogP contribution in [0.15, 0.2) is 16.6 Å². The van der Waals surface area contributed by atoms with Gasteiger partial charge < -0.3 is 4.74 Å². The first kappa shape index (κ1) is 15.8. The van der Waals surface area contributed by atoms with Crippen LogP contribution < -0.4 is 11.3 Å². The van der Waals surface area contributed by atoms with E-state index < -0.39 is 17.2 Å². The lowest BCUT2D eigenvalue weighted by Crippen LogP contribution is -2.54. The Kier molecular flexibility index (Phi) is 5.12. The first-order valence-corrected chi connectivity index (χ1v) is 7.47. The van der Waals surface area contributed by atoms with E-state index in [1.54, 1.807) is 7.11 Å². The zero-order valence-corrected chi connectivity index (χ0v) is 13.0. The summed E-state index contributed by atoms with van der Waals surface area (Å²) in [5, 5.41) is 0. The van der Waals surface area contributed by atoms with Crippen LogP contribution in [0, 0.1) is 11.6 Å². The molecule has 0 bridgehead atoms. The van der Waals surface area contributed by atoms with Crippen molar-refractivity contribution >= 4 is 15.9 Å². The molecule has 0 saturated heterocycles. The first-order chi connectivity index (χ1) is 9.54. The molecular weight excluding hydrogens is 330 g/mol. The fourth-order valence-electron chi connectivity index (χ4n) is 3.03. The van der Waals surface area contributed by atoms with Crippen molar-refractivity contribution in [3.8, 4) is 0 Å². The number of nitrogens with two attached hydrogens (primary N) is 1. The van der Waals surface area contributed by atoms with Gasteiger partial charge in [0.25, 0.3) is 0 Å². The van der Waals surface area contributed by atoms with Crippen LogP contribution in [0.2, 0.25) is 0 Å². The van der Waals surface area contributed by atoms with Crippen molar-refractivity contribution in [3.63, 3.8) is 0 Å². The van der Waals surface area contributed by atoms with Crippen molar-refractivity contribution in [3.05, 3.63) is 33.8 Å². The molecule has 3 N–H and O–H groups in total. The van der Waals surface area contributed by atoms with Crippen molar-refractivity contribution in [1.82, 2.24) is 5.43 Å². The Morgan fingerprint density at radius 1 is 1.40 bits per heavy atom. The molecule has 112 valence electrons. The minimum atomic E-state index is -0.575. The van der Waals surface area contributed by atoms with E-state index in [1.165, 1.54) is 12.1 Å². The topological polar surface area (TPSA) is 47.3 Å². The van der Waals surface area contributed by atoms with Crippen molar-refractivity contribution in [1.29, 1.82) is 0 Å². The number of nitrogens with one attached hydrogen (secondary N) is 1. The monoisotopic (exact) mass is 348 g/mol. The molecular formula is C14H19BrF2N2O. The number of methoxy groups -OCH3 is 1. The number of hydrogen-bond acceptors (Lipinski definition) is 3. The van der Waals surface area contributed by atoms with Gasteiger partial charge in [0, 0.05) is 12.7 Å². The molecule has 0 heterocycles. The van der Waals surface area contributed by atoms with Crippen molar-refractivity contribution < 1.29 is 13.5 Å². The van der Waals surface area contributed by atoms with Crippen LogP contribution in [0.25, 0.3) is 0 Å². The minimum absolute atomic E-state index is 0.0330. The Bertz CT molecular complexity index is 478. The number of hydrazine groups is 1. The maximum Gasteiger partial charge on any atom is 0.143 e. The molecule has 1 aromatic rings. The van der Waals surface area contributed by atoms with Crippen LogP contribution in [0.4, 0.5) is 8.78 Å². The van der Waals surface area contributed by atoms with Gasteiger partial charge >= 0.3 is 0 Å². The van der Waals surface area contributed by atoms with Gasteiger partial charge in [0.05, 0.1) is 16.1 Å². The molecule has 0 amide bonds. The molecule has 0 spiro atoms. The summed E-state index contributed by atoms with van der Waals surface area (Å²) in [6, 6.07) is 2.29. The Labute approximate surface area is 126 Å². The van der Waals surface area contributed by atoms with E-state index in [0.717, 1.165) is 25.7 Å². The quantitative estimate of drug-likeness (QED) is 0.488. The minimum Gasteiger partial charge on any atom is -0.377 e. The summed E-state index contributed by atoms with van der Waals surface area (Å²) in [5.74, 6) is 4.48. The summed E-state index contributed by atoms with van der Waals surface area (Å²) in [6.45, 7) is 0. The smallest absolute Gasteiger partial charge is 0.143 e. The largest absolute Gasteiger partial charge is 0.377 e. The Morgan fingerprint density at radius 3 is 2.60 bits per heavy atom. The molecule has 1 aliphatic rings. The second kappa shape index (κ2) is 6.47. The van der Waals surface area contributed by atoms with Gasteiger partial charge in [-0.15, -0.1) is 0 Å². The summed E-state index contributed by atoms with van der Waals surface area (Å²) < 4.78 is 33.8. The maximum atomic E-state index is 14.1. The van der Waals surface area contributed by atoms with Gasteiger partial charge in [0.15, 0.2) is 0 Å². The zero-order chi connectivity index (χ0) is 14.8. The standard InChI is InChI=1S/C14H19BrF2N2O/c1-20-14(6-2-3-7-14)12(19-18)8-9-11(16)5-4-10(15)13(9)17/h4-5,12,19H,2-3,6-8,18H2,1H3. The molecule has 1 aliphatic carbocycles. The van der Waals surface area contributed by atoms with Crippen LogP contribution in [0.1, 0.15) is 31.2 Å². The summed E-state index contributed by atoms with van der Waals surface area (Å²) in [7, 11) is 1.63. The predicted octanol–water partition coefficient (Wildman–Crippen LogP) is 3.06. The van der Waals surface area contributed by atoms with E-state index >= 15 is 0 Å². The summed E-state index contributed by atoms with van der Waals surface area (Å²) in [6.07, 6.45) is 3.91. The third-order valence-corrected chi connectivity index (χ3v) is 4.85. The highest BCUT2D eigenvalue weighted by atomic mass is 79.9. The van der Waals surface area contributed by atoms with Crippen LogP contribution in [0.5, 0.6) is 0 Å². The number of ether oxygens (including phenoxy) is 1. The van der Waals surface area contributed by atoms with E-state index in [4.69, 9.17) is 10.6 Å². The van der Waals surface area contributed by atoms with Crippen LogP contribution in [0.3, 0.4) is 0 Å². The molecule has 1 fully saturated rings. The van der Waals surface area contributed by atoms with Crippen molar-refractivity contribution in [2.24, 2.45) is 5.84 Å². The summed E-state index contributed by atoms with van der Waals surface area (Å²) >= 11 is 3.08. The van der Waals surface area contributed by atoms with Crippen LogP contribution >= 0.6 is 15.9 Å². The molecule has 1 atom stereocenters. The Hall–Kier alpha value is -0.560. The van der Waals surface area contributed by atoms with Crippen LogP contribution in [-0.2, 0) is 11.2 Å². The van der Waals surface area contributed by atoms with Gasteiger partial charge in [-0.3, -0.25) is 11.3 Å². The van der Waals surface area contributed by atoms with Gasteiger partial charge in [-0.05, 0) is 47.3 Å². The zero-order valence-electron chi connectivity index (χ0n) is 11.4. The first-order valence-electron chi connectivity index (χ1n) is 6.67. The highest BCUT2D eigenvalue weighted by molar-refractivity contribution is 9.10. The highest BCUT2D eigenvalue weighted by Gasteiger charge is 2.41. The van der Waals surface area contributed by atoms with E-state index in [9.17, 15) is 8.78 Å². The number of hydrogen-bond donors (Lipinski definition) is 2. The van der Waals surface area contributed by atoms with E-state index in [2.05, 4.69) is 21.4 Å². The third kappa shape index (κ3) is 2.88. The van der Waals surface area contributed by atoms with Gasteiger partial charge in [0.1, 0.15) is 11.6 Å². The molecule has 20 heavy (non-hydrogen) atoms. The molecule has 0 aliphatic heterocycles. The Balaban J connectivity index is 2.29. The molecule has 6 heteroatoms. The van der Waals surface area contributed by atoms with E-state index in [1.807, 2.05) is 0 Å². The fraction of sp³-hybridized carbons (Fsp3) is 0.571. The molecule has 1 unspecified atom stereocenters. The average molecular weight is 349 g/mol. The number of rotatable bonds is 5. The molecule has 1 aromatic carbocycles. The van der Waals surface area contributed by atoms with Crippen molar-refractivity contribution in [2.75, 3.05) is 7.11 Å². The Morgan fingerprint density at radius 2 is 2.05 bits per heavy atom. The van der Waals surface area contributed by atoms with E-state index in [0.29, 0.717) is 0 Å². The molecule has 2 rings (SSSR count). The second-order valence-corrected chi connectivity index (χ2v) is 6.08. The highest BCUT2D eigenvalue weighted by Crippen LogP contribution is 2.37. The SMILES string of the molecule is COC1(C(Cc2c(F)ccc(Br)c2F)NN)CCCC1. The average Bonchev–Trinajstić information content (AvgIpc) is 2.93. The molecule has 0 radical (unpaired) electrons. The third-order valence-electron chi connectivity index (χ3n) is 4.24. The van der Waals surface area contributed by atoms with Gasteiger partial charge in [-0.25, -0.2) is 8.78 Å². The number of benzene rings is 1. The van der Waals surface area contributed by atoms with Crippen LogP contribution in [-0.4, -0.2) is 18.8 Å². The van der Waals surface area contributed by atoms with Crippen molar-refractivity contribution in [2.45, 2.75) is 43.7 Å². The molecule has 3 nitrogen and oxygen atoms in total. The summed E-state index contributed by atoms with van der Waals surface area (Å²) in [4.78, 5) is 0. The number of halogens is 3.